The van der Waals surface area contributed by atoms with Crippen LogP contribution in [0.3, 0.4) is 0 Å². The lowest BCUT2D eigenvalue weighted by Gasteiger charge is -2.12. The van der Waals surface area contributed by atoms with Gasteiger partial charge >= 0.3 is 0 Å². The first kappa shape index (κ1) is 15.3. The summed E-state index contributed by atoms with van der Waals surface area (Å²) in [7, 11) is -3.34. The molecule has 0 saturated carbocycles. The summed E-state index contributed by atoms with van der Waals surface area (Å²) in [6.07, 6.45) is 1.10. The molecule has 0 fully saturated rings. The number of rotatable bonds is 6. The largest absolute Gasteiger partial charge is 0.378 e. The number of thiophene rings is 1. The minimum atomic E-state index is -3.34. The number of nitrogens with two attached hydrogens (primary N) is 1. The minimum Gasteiger partial charge on any atom is -0.378 e. The van der Waals surface area contributed by atoms with E-state index in [4.69, 9.17) is 5.73 Å². The molecule has 0 spiro atoms. The third-order valence-electron chi connectivity index (χ3n) is 2.61. The van der Waals surface area contributed by atoms with E-state index in [9.17, 15) is 13.2 Å². The second-order valence-corrected chi connectivity index (χ2v) is 7.18. The number of carbonyl (C=O) groups is 1. The van der Waals surface area contributed by atoms with E-state index in [1.165, 1.54) is 11.3 Å². The Morgan fingerprint density at radius 3 is 2.52 bits per heavy atom. The van der Waals surface area contributed by atoms with Crippen LogP contribution in [0.1, 0.15) is 15.2 Å². The van der Waals surface area contributed by atoms with Crippen molar-refractivity contribution in [1.82, 2.24) is 0 Å². The number of carbonyl (C=O) groups excluding carboxylic acids is 1. The standard InChI is InChI=1S/C13H15N3O3S2/c1-21(18,19)16-12-5-3-2-4-11(12)15-7-10-6-9(8-20-10)13(14)17/h2-6,8,15-16H,7H2,1H3,(H2,14,17). The number of hydrogen-bond donors (Lipinski definition) is 3. The second kappa shape index (κ2) is 6.15. The number of hydrogen-bond acceptors (Lipinski definition) is 5. The lowest BCUT2D eigenvalue weighted by atomic mass is 10.2. The van der Waals surface area contributed by atoms with E-state index in [1.54, 1.807) is 35.7 Å². The van der Waals surface area contributed by atoms with Crippen molar-refractivity contribution >= 4 is 38.6 Å². The van der Waals surface area contributed by atoms with Gasteiger partial charge in [-0.2, -0.15) is 0 Å². The fourth-order valence-corrected chi connectivity index (χ4v) is 3.10. The zero-order chi connectivity index (χ0) is 15.5. The van der Waals surface area contributed by atoms with Crippen LogP contribution in [0, 0.1) is 0 Å². The Morgan fingerprint density at radius 1 is 1.29 bits per heavy atom. The smallest absolute Gasteiger partial charge is 0.249 e. The molecular weight excluding hydrogens is 310 g/mol. The molecular formula is C13H15N3O3S2. The number of amides is 1. The molecule has 2 rings (SSSR count). The summed E-state index contributed by atoms with van der Waals surface area (Å²) < 4.78 is 25.1. The number of nitrogens with one attached hydrogen (secondary N) is 2. The van der Waals surface area contributed by atoms with Crippen molar-refractivity contribution in [2.75, 3.05) is 16.3 Å². The number of anilines is 2. The van der Waals surface area contributed by atoms with Gasteiger partial charge in [-0.15, -0.1) is 11.3 Å². The van der Waals surface area contributed by atoms with Crippen molar-refractivity contribution in [3.63, 3.8) is 0 Å². The molecule has 0 aliphatic rings. The monoisotopic (exact) mass is 325 g/mol. The molecule has 1 aromatic heterocycles. The van der Waals surface area contributed by atoms with Crippen molar-refractivity contribution < 1.29 is 13.2 Å². The average Bonchev–Trinajstić information content (AvgIpc) is 2.85. The first-order valence-corrected chi connectivity index (χ1v) is 8.80. The molecule has 0 unspecified atom stereocenters. The Morgan fingerprint density at radius 2 is 1.95 bits per heavy atom. The van der Waals surface area contributed by atoms with Crippen LogP contribution in [0.5, 0.6) is 0 Å². The van der Waals surface area contributed by atoms with Gasteiger partial charge in [0.2, 0.25) is 15.9 Å². The number of benzene rings is 1. The molecule has 1 heterocycles. The maximum absolute atomic E-state index is 11.3. The molecule has 8 heteroatoms. The van der Waals surface area contributed by atoms with E-state index in [2.05, 4.69) is 10.0 Å². The van der Waals surface area contributed by atoms with Crippen LogP contribution in [0.15, 0.2) is 35.7 Å². The Bertz CT molecular complexity index is 754. The van der Waals surface area contributed by atoms with E-state index < -0.39 is 15.9 Å². The van der Waals surface area contributed by atoms with Crippen LogP contribution in [0.2, 0.25) is 0 Å². The fourth-order valence-electron chi connectivity index (χ4n) is 1.71. The third-order valence-corrected chi connectivity index (χ3v) is 4.14. The van der Waals surface area contributed by atoms with Crippen LogP contribution in [-0.2, 0) is 16.6 Å². The average molecular weight is 325 g/mol. The summed E-state index contributed by atoms with van der Waals surface area (Å²) in [6, 6.07) is 8.71. The number of para-hydroxylation sites is 2. The van der Waals surface area contributed by atoms with Crippen molar-refractivity contribution in [2.45, 2.75) is 6.54 Å². The van der Waals surface area contributed by atoms with E-state index in [0.717, 1.165) is 11.1 Å². The van der Waals surface area contributed by atoms with Gasteiger partial charge in [0.25, 0.3) is 0 Å². The Labute approximate surface area is 127 Å². The summed E-state index contributed by atoms with van der Waals surface area (Å²) in [4.78, 5) is 12.0. The normalized spacial score (nSPS) is 11.1. The molecule has 1 aromatic carbocycles. The Kier molecular flexibility index (Phi) is 4.49. The summed E-state index contributed by atoms with van der Waals surface area (Å²) in [5.41, 5.74) is 6.81. The summed E-state index contributed by atoms with van der Waals surface area (Å²) in [5.74, 6) is -0.461. The van der Waals surface area contributed by atoms with Gasteiger partial charge in [0.15, 0.2) is 0 Å². The van der Waals surface area contributed by atoms with Gasteiger partial charge in [0.05, 0.1) is 23.2 Å². The molecule has 0 aliphatic carbocycles. The van der Waals surface area contributed by atoms with Crippen molar-refractivity contribution in [1.29, 1.82) is 0 Å². The molecule has 2 aromatic rings. The predicted octanol–water partition coefficient (Wildman–Crippen LogP) is 1.83. The Balaban J connectivity index is 2.10. The highest BCUT2D eigenvalue weighted by molar-refractivity contribution is 7.92. The van der Waals surface area contributed by atoms with Gasteiger partial charge in [-0.25, -0.2) is 8.42 Å². The van der Waals surface area contributed by atoms with E-state index >= 15 is 0 Å². The third kappa shape index (κ3) is 4.47. The first-order chi connectivity index (χ1) is 9.85. The summed E-state index contributed by atoms with van der Waals surface area (Å²) in [6.45, 7) is 0.473. The topological polar surface area (TPSA) is 101 Å². The van der Waals surface area contributed by atoms with Crippen molar-refractivity contribution in [3.8, 4) is 0 Å². The zero-order valence-electron chi connectivity index (χ0n) is 11.3. The molecule has 4 N–H and O–H groups in total. The first-order valence-electron chi connectivity index (χ1n) is 6.03. The molecule has 6 nitrogen and oxygen atoms in total. The van der Waals surface area contributed by atoms with Crippen molar-refractivity contribution in [3.05, 3.63) is 46.2 Å². The molecule has 0 aliphatic heterocycles. The van der Waals surface area contributed by atoms with E-state index in [-0.39, 0.29) is 0 Å². The quantitative estimate of drug-likeness (QED) is 0.754. The van der Waals surface area contributed by atoms with Gasteiger partial charge in [-0.1, -0.05) is 12.1 Å². The molecule has 112 valence electrons. The molecule has 0 saturated heterocycles. The van der Waals surface area contributed by atoms with Crippen molar-refractivity contribution in [2.24, 2.45) is 5.73 Å². The molecule has 1 amide bonds. The molecule has 0 atom stereocenters. The number of primary amides is 1. The minimum absolute atomic E-state index is 0.461. The van der Waals surface area contributed by atoms with Gasteiger partial charge in [0.1, 0.15) is 0 Å². The molecule has 0 bridgehead atoms. The van der Waals surface area contributed by atoms with Crippen LogP contribution in [0.25, 0.3) is 0 Å². The number of sulfonamides is 1. The lowest BCUT2D eigenvalue weighted by Crippen LogP contribution is -2.12. The molecule has 21 heavy (non-hydrogen) atoms. The lowest BCUT2D eigenvalue weighted by molar-refractivity contribution is 0.100. The Hall–Kier alpha value is -2.06. The highest BCUT2D eigenvalue weighted by atomic mass is 32.2. The summed E-state index contributed by atoms with van der Waals surface area (Å²) >= 11 is 1.41. The van der Waals surface area contributed by atoms with Crippen LogP contribution in [-0.4, -0.2) is 20.6 Å². The van der Waals surface area contributed by atoms with Gasteiger partial charge in [0, 0.05) is 16.8 Å². The predicted molar refractivity (Wildman–Crippen MR) is 85.1 cm³/mol. The second-order valence-electron chi connectivity index (χ2n) is 4.44. The highest BCUT2D eigenvalue weighted by Gasteiger charge is 2.08. The SMILES string of the molecule is CS(=O)(=O)Nc1ccccc1NCc1cc(C(N)=O)cs1. The van der Waals surface area contributed by atoms with E-state index in [0.29, 0.717) is 23.5 Å². The van der Waals surface area contributed by atoms with Gasteiger partial charge in [-0.05, 0) is 18.2 Å². The van der Waals surface area contributed by atoms with Gasteiger partial charge < -0.3 is 11.1 Å². The summed E-state index contributed by atoms with van der Waals surface area (Å²) in [5, 5.41) is 4.83. The maximum atomic E-state index is 11.3. The van der Waals surface area contributed by atoms with Gasteiger partial charge in [-0.3, -0.25) is 9.52 Å². The van der Waals surface area contributed by atoms with E-state index in [1.807, 2.05) is 0 Å². The highest BCUT2D eigenvalue weighted by Crippen LogP contribution is 2.23. The zero-order valence-corrected chi connectivity index (χ0v) is 12.9. The van der Waals surface area contributed by atoms with Crippen LogP contribution < -0.4 is 15.8 Å². The fraction of sp³-hybridized carbons (Fsp3) is 0.154. The van der Waals surface area contributed by atoms with Crippen LogP contribution in [0.4, 0.5) is 11.4 Å². The maximum Gasteiger partial charge on any atom is 0.249 e. The van der Waals surface area contributed by atoms with Crippen LogP contribution >= 0.6 is 11.3 Å². The molecule has 0 radical (unpaired) electrons.